The molecule has 0 radical (unpaired) electrons. The topological polar surface area (TPSA) is 87.3 Å². The van der Waals surface area contributed by atoms with E-state index < -0.39 is 10.9 Å². The summed E-state index contributed by atoms with van der Waals surface area (Å²) in [5.74, 6) is -0.605. The van der Waals surface area contributed by atoms with Crippen LogP contribution in [0, 0.1) is 10.1 Å². The maximum Gasteiger partial charge on any atom is 0.338 e. The largest absolute Gasteiger partial charge is 0.465 e. The molecule has 0 N–H and O–H groups in total. The Morgan fingerprint density at radius 2 is 2.24 bits per heavy atom. The van der Waals surface area contributed by atoms with Gasteiger partial charge in [0.25, 0.3) is 5.69 Å². The number of nitro benzene ring substituents is 1. The second-order valence-corrected chi connectivity index (χ2v) is 4.47. The highest BCUT2D eigenvalue weighted by molar-refractivity contribution is 5.91. The molecule has 1 aromatic carbocycles. The Morgan fingerprint density at radius 1 is 1.48 bits per heavy atom. The number of hydrogen-bond donors (Lipinski definition) is 0. The van der Waals surface area contributed by atoms with E-state index >= 15 is 0 Å². The fourth-order valence-corrected chi connectivity index (χ4v) is 2.03. The zero-order valence-electron chi connectivity index (χ0n) is 11.8. The van der Waals surface area contributed by atoms with Gasteiger partial charge in [-0.05, 0) is 18.6 Å². The summed E-state index contributed by atoms with van der Waals surface area (Å²) in [6.45, 7) is 2.77. The number of carbonyl (C=O) groups excluding carboxylic acids is 1. The zero-order valence-corrected chi connectivity index (χ0v) is 11.8. The molecule has 0 saturated heterocycles. The van der Waals surface area contributed by atoms with E-state index in [0.29, 0.717) is 11.1 Å². The number of nitro groups is 1. The predicted octanol–water partition coefficient (Wildman–Crippen LogP) is 2.65. The van der Waals surface area contributed by atoms with Crippen LogP contribution in [-0.4, -0.2) is 27.8 Å². The van der Waals surface area contributed by atoms with Crippen LogP contribution in [0.2, 0.25) is 0 Å². The molecule has 2 rings (SSSR count). The van der Waals surface area contributed by atoms with Crippen molar-refractivity contribution in [1.29, 1.82) is 0 Å². The molecule has 1 heterocycles. The molecule has 0 atom stereocenters. The number of hydrogen-bond acceptors (Lipinski definition) is 5. The summed E-state index contributed by atoms with van der Waals surface area (Å²) in [4.78, 5) is 22.2. The second-order valence-electron chi connectivity index (χ2n) is 4.47. The van der Waals surface area contributed by atoms with Gasteiger partial charge in [0, 0.05) is 24.4 Å². The average Bonchev–Trinajstić information content (AvgIpc) is 2.94. The van der Waals surface area contributed by atoms with E-state index in [9.17, 15) is 14.9 Å². The summed E-state index contributed by atoms with van der Waals surface area (Å²) in [5, 5.41) is 15.4. The third kappa shape index (κ3) is 3.07. The lowest BCUT2D eigenvalue weighted by molar-refractivity contribution is -0.384. The normalized spacial score (nSPS) is 10.4. The standard InChI is InChI=1S/C14H15N3O4/c1-3-6-16-9-11(8-15-16)12-5-4-10(14(18)21-2)7-13(12)17(19)20/h4-5,7-9H,3,6H2,1-2H3. The number of rotatable bonds is 5. The van der Waals surface area contributed by atoms with Crippen molar-refractivity contribution in [2.24, 2.45) is 0 Å². The molecule has 7 heteroatoms. The van der Waals surface area contributed by atoms with E-state index in [-0.39, 0.29) is 11.3 Å². The van der Waals surface area contributed by atoms with Crippen molar-refractivity contribution in [2.75, 3.05) is 7.11 Å². The highest BCUT2D eigenvalue weighted by Crippen LogP contribution is 2.30. The summed E-state index contributed by atoms with van der Waals surface area (Å²) in [7, 11) is 1.23. The van der Waals surface area contributed by atoms with E-state index in [4.69, 9.17) is 0 Å². The van der Waals surface area contributed by atoms with Gasteiger partial charge in [-0.15, -0.1) is 0 Å². The van der Waals surface area contributed by atoms with Crippen molar-refractivity contribution in [2.45, 2.75) is 19.9 Å². The van der Waals surface area contributed by atoms with E-state index in [1.165, 1.54) is 25.3 Å². The fraction of sp³-hybridized carbons (Fsp3) is 0.286. The minimum atomic E-state index is -0.605. The number of carbonyl (C=O) groups is 1. The van der Waals surface area contributed by atoms with Gasteiger partial charge in [-0.1, -0.05) is 6.92 Å². The lowest BCUT2D eigenvalue weighted by Gasteiger charge is -2.03. The summed E-state index contributed by atoms with van der Waals surface area (Å²) in [6, 6.07) is 4.27. The van der Waals surface area contributed by atoms with Gasteiger partial charge in [-0.2, -0.15) is 5.10 Å². The van der Waals surface area contributed by atoms with Crippen LogP contribution in [0.15, 0.2) is 30.6 Å². The average molecular weight is 289 g/mol. The van der Waals surface area contributed by atoms with Gasteiger partial charge in [0.1, 0.15) is 0 Å². The maximum atomic E-state index is 11.5. The van der Waals surface area contributed by atoms with Gasteiger partial charge in [-0.3, -0.25) is 14.8 Å². The zero-order chi connectivity index (χ0) is 15.4. The molecule has 0 spiro atoms. The van der Waals surface area contributed by atoms with Gasteiger partial charge < -0.3 is 4.74 Å². The first-order valence-electron chi connectivity index (χ1n) is 6.46. The Bertz CT molecular complexity index is 679. The first-order chi connectivity index (χ1) is 10.1. The smallest absolute Gasteiger partial charge is 0.338 e. The maximum absolute atomic E-state index is 11.5. The Balaban J connectivity index is 2.47. The minimum Gasteiger partial charge on any atom is -0.465 e. The van der Waals surface area contributed by atoms with Gasteiger partial charge in [0.15, 0.2) is 0 Å². The number of nitrogens with zero attached hydrogens (tertiary/aromatic N) is 3. The number of esters is 1. The SMILES string of the molecule is CCCn1cc(-c2ccc(C(=O)OC)cc2[N+](=O)[O-])cn1. The molecule has 0 aliphatic heterocycles. The Hall–Kier alpha value is -2.70. The first-order valence-corrected chi connectivity index (χ1v) is 6.46. The molecule has 1 aromatic heterocycles. The lowest BCUT2D eigenvalue weighted by atomic mass is 10.0. The molecule has 2 aromatic rings. The van der Waals surface area contributed by atoms with Gasteiger partial charge in [0.05, 0.1) is 29.4 Å². The summed E-state index contributed by atoms with van der Waals surface area (Å²) < 4.78 is 6.30. The molecule has 0 saturated carbocycles. The van der Waals surface area contributed by atoms with Crippen LogP contribution in [0.1, 0.15) is 23.7 Å². The van der Waals surface area contributed by atoms with E-state index in [1.54, 1.807) is 17.1 Å². The number of aryl methyl sites for hydroxylation is 1. The number of benzene rings is 1. The van der Waals surface area contributed by atoms with Crippen molar-refractivity contribution in [3.63, 3.8) is 0 Å². The van der Waals surface area contributed by atoms with Crippen LogP contribution < -0.4 is 0 Å². The number of aromatic nitrogens is 2. The molecule has 0 fully saturated rings. The lowest BCUT2D eigenvalue weighted by Crippen LogP contribution is -2.02. The molecular formula is C14H15N3O4. The molecule has 0 amide bonds. The highest BCUT2D eigenvalue weighted by atomic mass is 16.6. The van der Waals surface area contributed by atoms with E-state index in [1.807, 2.05) is 6.92 Å². The highest BCUT2D eigenvalue weighted by Gasteiger charge is 2.20. The van der Waals surface area contributed by atoms with Crippen LogP contribution >= 0.6 is 0 Å². The molecule has 7 nitrogen and oxygen atoms in total. The third-order valence-electron chi connectivity index (χ3n) is 3.01. The quantitative estimate of drug-likeness (QED) is 0.479. The second kappa shape index (κ2) is 6.17. The Kier molecular flexibility index (Phi) is 4.32. The molecular weight excluding hydrogens is 274 g/mol. The molecule has 21 heavy (non-hydrogen) atoms. The third-order valence-corrected chi connectivity index (χ3v) is 3.01. The number of ether oxygens (including phenoxy) is 1. The van der Waals surface area contributed by atoms with Crippen LogP contribution in [0.3, 0.4) is 0 Å². The van der Waals surface area contributed by atoms with Crippen molar-refractivity contribution in [3.8, 4) is 11.1 Å². The van der Waals surface area contributed by atoms with E-state index in [0.717, 1.165) is 13.0 Å². The summed E-state index contributed by atoms with van der Waals surface area (Å²) in [6.07, 6.45) is 4.25. The van der Waals surface area contributed by atoms with Crippen molar-refractivity contribution in [3.05, 3.63) is 46.3 Å². The van der Waals surface area contributed by atoms with Crippen LogP contribution in [-0.2, 0) is 11.3 Å². The van der Waals surface area contributed by atoms with Crippen LogP contribution in [0.5, 0.6) is 0 Å². The Morgan fingerprint density at radius 3 is 2.86 bits per heavy atom. The molecule has 0 bridgehead atoms. The molecule has 0 aliphatic carbocycles. The van der Waals surface area contributed by atoms with Gasteiger partial charge in [-0.25, -0.2) is 4.79 Å². The molecule has 0 aliphatic rings. The first kappa shape index (κ1) is 14.7. The van der Waals surface area contributed by atoms with Crippen molar-refractivity contribution < 1.29 is 14.5 Å². The van der Waals surface area contributed by atoms with Gasteiger partial charge >= 0.3 is 5.97 Å². The van der Waals surface area contributed by atoms with Gasteiger partial charge in [0.2, 0.25) is 0 Å². The van der Waals surface area contributed by atoms with Crippen molar-refractivity contribution in [1.82, 2.24) is 9.78 Å². The molecule has 110 valence electrons. The van der Waals surface area contributed by atoms with Crippen molar-refractivity contribution >= 4 is 11.7 Å². The molecule has 0 unspecified atom stereocenters. The van der Waals surface area contributed by atoms with E-state index in [2.05, 4.69) is 9.84 Å². The van der Waals surface area contributed by atoms with Crippen LogP contribution in [0.4, 0.5) is 5.69 Å². The Labute approximate surface area is 121 Å². The monoisotopic (exact) mass is 289 g/mol. The van der Waals surface area contributed by atoms with Crippen LogP contribution in [0.25, 0.3) is 11.1 Å². The fourth-order valence-electron chi connectivity index (χ4n) is 2.03. The summed E-state index contributed by atoms with van der Waals surface area (Å²) >= 11 is 0. The summed E-state index contributed by atoms with van der Waals surface area (Å²) in [5.41, 5.74) is 1.07. The predicted molar refractivity (Wildman–Crippen MR) is 75.9 cm³/mol. The number of methoxy groups -OCH3 is 1. The minimum absolute atomic E-state index is 0.144.